The van der Waals surface area contributed by atoms with Crippen molar-refractivity contribution in [3.05, 3.63) is 23.5 Å². The van der Waals surface area contributed by atoms with Gasteiger partial charge in [-0.05, 0) is 57.1 Å². The molecule has 0 saturated heterocycles. The van der Waals surface area contributed by atoms with Crippen LogP contribution in [-0.2, 0) is 6.42 Å². The fraction of sp³-hybridized carbons (Fsp3) is 0.722. The van der Waals surface area contributed by atoms with E-state index < -0.39 is 0 Å². The average Bonchev–Trinajstić information content (AvgIpc) is 2.50. The molecular weight excluding hydrogens is 260 g/mol. The molecule has 0 amide bonds. The number of rotatable bonds is 6. The largest absolute Gasteiger partial charge is 0.489 e. The quantitative estimate of drug-likeness (QED) is 0.861. The maximum absolute atomic E-state index is 6.26. The highest BCUT2D eigenvalue weighted by Gasteiger charge is 2.22. The lowest BCUT2D eigenvalue weighted by atomic mass is 9.86. The summed E-state index contributed by atoms with van der Waals surface area (Å²) in [5.41, 5.74) is 8.16. The molecule has 2 rings (SSSR count). The summed E-state index contributed by atoms with van der Waals surface area (Å²) in [6.07, 6.45) is 8.37. The van der Waals surface area contributed by atoms with Crippen LogP contribution in [0.25, 0.3) is 0 Å². The average molecular weight is 290 g/mol. The molecule has 0 bridgehead atoms. The van der Waals surface area contributed by atoms with Gasteiger partial charge in [0.05, 0.1) is 11.8 Å². The molecule has 1 atom stereocenters. The minimum atomic E-state index is 0.164. The number of ether oxygens (including phenoxy) is 1. The van der Waals surface area contributed by atoms with Gasteiger partial charge >= 0.3 is 0 Å². The normalized spacial score (nSPS) is 23.8. The highest BCUT2D eigenvalue weighted by molar-refractivity contribution is 5.30. The van der Waals surface area contributed by atoms with E-state index in [-0.39, 0.29) is 6.04 Å². The summed E-state index contributed by atoms with van der Waals surface area (Å²) < 4.78 is 6.26. The molecule has 3 nitrogen and oxygen atoms in total. The first-order valence-corrected chi connectivity index (χ1v) is 8.51. The van der Waals surface area contributed by atoms with Crippen LogP contribution in [0.4, 0.5) is 0 Å². The molecule has 1 aromatic rings. The SMILES string of the molecule is CCC(N)Cc1nc(C)ccc1OC1CCC(CC)CC1. The number of nitrogens with zero attached hydrogens (tertiary/aromatic N) is 1. The first kappa shape index (κ1) is 16.3. The number of hydrogen-bond acceptors (Lipinski definition) is 3. The third-order valence-corrected chi connectivity index (χ3v) is 4.72. The monoisotopic (exact) mass is 290 g/mol. The number of aryl methyl sites for hydroxylation is 1. The molecule has 0 radical (unpaired) electrons. The Labute approximate surface area is 129 Å². The van der Waals surface area contributed by atoms with Crippen molar-refractivity contribution in [1.82, 2.24) is 4.98 Å². The molecule has 1 saturated carbocycles. The molecule has 0 aliphatic heterocycles. The van der Waals surface area contributed by atoms with Gasteiger partial charge in [0.2, 0.25) is 0 Å². The van der Waals surface area contributed by atoms with Crippen LogP contribution in [0.2, 0.25) is 0 Å². The van der Waals surface area contributed by atoms with E-state index >= 15 is 0 Å². The molecule has 1 aliphatic rings. The Morgan fingerprint density at radius 2 is 1.95 bits per heavy atom. The predicted octanol–water partition coefficient (Wildman–Crippen LogP) is 4.02. The van der Waals surface area contributed by atoms with Crippen LogP contribution in [0.5, 0.6) is 5.75 Å². The summed E-state index contributed by atoms with van der Waals surface area (Å²) in [5, 5.41) is 0. The highest BCUT2D eigenvalue weighted by Crippen LogP contribution is 2.30. The number of hydrogen-bond donors (Lipinski definition) is 1. The Morgan fingerprint density at radius 3 is 2.57 bits per heavy atom. The summed E-state index contributed by atoms with van der Waals surface area (Å²) in [7, 11) is 0. The zero-order chi connectivity index (χ0) is 15.2. The summed E-state index contributed by atoms with van der Waals surface area (Å²) in [5.74, 6) is 1.85. The van der Waals surface area contributed by atoms with Crippen LogP contribution in [0.3, 0.4) is 0 Å². The van der Waals surface area contributed by atoms with E-state index in [1.807, 2.05) is 13.0 Å². The van der Waals surface area contributed by atoms with Crippen molar-refractivity contribution < 1.29 is 4.74 Å². The minimum absolute atomic E-state index is 0.164. The second-order valence-electron chi connectivity index (χ2n) is 6.44. The summed E-state index contributed by atoms with van der Waals surface area (Å²) in [6.45, 7) is 6.43. The van der Waals surface area contributed by atoms with Crippen molar-refractivity contribution in [3.63, 3.8) is 0 Å². The molecule has 0 spiro atoms. The van der Waals surface area contributed by atoms with Gasteiger partial charge in [-0.1, -0.05) is 20.3 Å². The Morgan fingerprint density at radius 1 is 1.24 bits per heavy atom. The lowest BCUT2D eigenvalue weighted by Crippen LogP contribution is -2.26. The zero-order valence-electron chi connectivity index (χ0n) is 13.8. The summed E-state index contributed by atoms with van der Waals surface area (Å²) >= 11 is 0. The number of aromatic nitrogens is 1. The number of nitrogens with two attached hydrogens (primary N) is 1. The molecule has 1 unspecified atom stereocenters. The van der Waals surface area contributed by atoms with Crippen molar-refractivity contribution >= 4 is 0 Å². The Bertz CT molecular complexity index is 439. The van der Waals surface area contributed by atoms with E-state index in [0.29, 0.717) is 6.10 Å². The fourth-order valence-corrected chi connectivity index (χ4v) is 3.08. The molecule has 1 fully saturated rings. The van der Waals surface area contributed by atoms with Gasteiger partial charge in [0.15, 0.2) is 0 Å². The van der Waals surface area contributed by atoms with Crippen LogP contribution in [0.1, 0.15) is 63.8 Å². The second-order valence-corrected chi connectivity index (χ2v) is 6.44. The van der Waals surface area contributed by atoms with Crippen LogP contribution in [0.15, 0.2) is 12.1 Å². The highest BCUT2D eigenvalue weighted by atomic mass is 16.5. The summed E-state index contributed by atoms with van der Waals surface area (Å²) in [4.78, 5) is 4.65. The molecular formula is C18H30N2O. The molecule has 2 N–H and O–H groups in total. The molecule has 118 valence electrons. The third kappa shape index (κ3) is 4.70. The van der Waals surface area contributed by atoms with Crippen molar-refractivity contribution in [3.8, 4) is 5.75 Å². The van der Waals surface area contributed by atoms with Gasteiger partial charge in [-0.15, -0.1) is 0 Å². The van der Waals surface area contributed by atoms with Gasteiger partial charge in [0.1, 0.15) is 5.75 Å². The van der Waals surface area contributed by atoms with E-state index in [1.54, 1.807) is 0 Å². The molecule has 0 aromatic carbocycles. The number of pyridine rings is 1. The Hall–Kier alpha value is -1.09. The molecule has 1 heterocycles. The standard InChI is InChI=1S/C18H30N2O/c1-4-14-7-9-16(10-8-14)21-18-11-6-13(3)20-17(18)12-15(19)5-2/h6,11,14-16H,4-5,7-10,12,19H2,1-3H3. The van der Waals surface area contributed by atoms with Gasteiger partial charge in [0, 0.05) is 18.2 Å². The molecule has 1 aromatic heterocycles. The predicted molar refractivity (Wildman–Crippen MR) is 87.6 cm³/mol. The Kier molecular flexibility index (Phi) is 6.04. The van der Waals surface area contributed by atoms with Gasteiger partial charge in [-0.2, -0.15) is 0 Å². The van der Waals surface area contributed by atoms with Crippen molar-refractivity contribution in [2.75, 3.05) is 0 Å². The first-order chi connectivity index (χ1) is 10.1. The molecule has 1 aliphatic carbocycles. The topological polar surface area (TPSA) is 48.1 Å². The molecule has 21 heavy (non-hydrogen) atoms. The van der Waals surface area contributed by atoms with E-state index in [2.05, 4.69) is 24.9 Å². The molecule has 3 heteroatoms. The second kappa shape index (κ2) is 7.79. The van der Waals surface area contributed by atoms with Gasteiger partial charge in [-0.3, -0.25) is 4.98 Å². The van der Waals surface area contributed by atoms with Crippen molar-refractivity contribution in [1.29, 1.82) is 0 Å². The van der Waals surface area contributed by atoms with E-state index in [1.165, 1.54) is 32.1 Å². The van der Waals surface area contributed by atoms with Crippen LogP contribution < -0.4 is 10.5 Å². The van der Waals surface area contributed by atoms with Crippen molar-refractivity contribution in [2.24, 2.45) is 11.7 Å². The summed E-state index contributed by atoms with van der Waals surface area (Å²) in [6, 6.07) is 4.28. The maximum atomic E-state index is 6.26. The smallest absolute Gasteiger partial charge is 0.141 e. The van der Waals surface area contributed by atoms with Crippen LogP contribution in [0, 0.1) is 12.8 Å². The minimum Gasteiger partial charge on any atom is -0.489 e. The third-order valence-electron chi connectivity index (χ3n) is 4.72. The van der Waals surface area contributed by atoms with Gasteiger partial charge in [0.25, 0.3) is 0 Å². The van der Waals surface area contributed by atoms with Gasteiger partial charge < -0.3 is 10.5 Å². The van der Waals surface area contributed by atoms with E-state index in [4.69, 9.17) is 10.5 Å². The lowest BCUT2D eigenvalue weighted by Gasteiger charge is -2.29. The van der Waals surface area contributed by atoms with E-state index in [0.717, 1.165) is 35.9 Å². The lowest BCUT2D eigenvalue weighted by molar-refractivity contribution is 0.128. The Balaban J connectivity index is 2.02. The fourth-order valence-electron chi connectivity index (χ4n) is 3.08. The van der Waals surface area contributed by atoms with E-state index in [9.17, 15) is 0 Å². The first-order valence-electron chi connectivity index (χ1n) is 8.51. The van der Waals surface area contributed by atoms with Crippen molar-refractivity contribution in [2.45, 2.75) is 77.9 Å². The van der Waals surface area contributed by atoms with Gasteiger partial charge in [-0.25, -0.2) is 0 Å². The van der Waals surface area contributed by atoms with Crippen LogP contribution in [-0.4, -0.2) is 17.1 Å². The zero-order valence-corrected chi connectivity index (χ0v) is 13.8. The maximum Gasteiger partial charge on any atom is 0.141 e. The van der Waals surface area contributed by atoms with Crippen LogP contribution >= 0.6 is 0 Å².